The number of thiazole rings is 1. The number of pyridine rings is 1. The molecule has 0 aliphatic heterocycles. The topological polar surface area (TPSA) is 37.8 Å². The Kier molecular flexibility index (Phi) is 2.88. The molecule has 78 valence electrons. The molecule has 2 heterocycles. The van der Waals surface area contributed by atoms with E-state index in [2.05, 4.69) is 27.9 Å². The summed E-state index contributed by atoms with van der Waals surface area (Å²) < 4.78 is 12.7. The predicted molar refractivity (Wildman–Crippen MR) is 61.6 cm³/mol. The Morgan fingerprint density at radius 3 is 2.93 bits per heavy atom. The normalized spacial score (nSPS) is 10.3. The zero-order valence-corrected chi connectivity index (χ0v) is 9.57. The van der Waals surface area contributed by atoms with E-state index in [-0.39, 0.29) is 0 Å². The van der Waals surface area contributed by atoms with Gasteiger partial charge >= 0.3 is 0 Å². The number of rotatable bonds is 2. The van der Waals surface area contributed by atoms with Crippen molar-refractivity contribution in [3.05, 3.63) is 29.2 Å². The highest BCUT2D eigenvalue weighted by Gasteiger charge is 2.04. The monoisotopic (exact) mass is 241 g/mol. The van der Waals surface area contributed by atoms with E-state index >= 15 is 0 Å². The fourth-order valence-electron chi connectivity index (χ4n) is 1.04. The lowest BCUT2D eigenvalue weighted by atomic mass is 10.4. The van der Waals surface area contributed by atoms with Crippen molar-refractivity contribution in [3.63, 3.8) is 0 Å². The first-order valence-electron chi connectivity index (χ1n) is 4.19. The minimum absolute atomic E-state index is 0.402. The van der Waals surface area contributed by atoms with Gasteiger partial charge < -0.3 is 5.32 Å². The number of anilines is 2. The fourth-order valence-corrected chi connectivity index (χ4v) is 1.96. The van der Waals surface area contributed by atoms with Crippen molar-refractivity contribution >= 4 is 34.9 Å². The largest absolute Gasteiger partial charge is 0.315 e. The van der Waals surface area contributed by atoms with Crippen LogP contribution in [0.2, 0.25) is 0 Å². The van der Waals surface area contributed by atoms with Crippen molar-refractivity contribution in [2.24, 2.45) is 0 Å². The van der Waals surface area contributed by atoms with Crippen LogP contribution in [0.25, 0.3) is 0 Å². The predicted octanol–water partition coefficient (Wildman–Crippen LogP) is 3.02. The molecule has 1 N–H and O–H groups in total. The lowest BCUT2D eigenvalue weighted by molar-refractivity contribution is 0.618. The second-order valence-corrected chi connectivity index (χ2v) is 4.28. The standard InChI is InChI=1S/C9H8FN3S2/c1-5-4-15-9(12-5)13-8-7(14)2-6(10)3-11-8/h2-4,14H,1H3,(H,11,12,13). The van der Waals surface area contributed by atoms with Gasteiger partial charge in [-0.25, -0.2) is 14.4 Å². The summed E-state index contributed by atoms with van der Waals surface area (Å²) in [5.74, 6) is 0.106. The van der Waals surface area contributed by atoms with Crippen LogP contribution in [0.1, 0.15) is 5.69 Å². The zero-order chi connectivity index (χ0) is 10.8. The van der Waals surface area contributed by atoms with Gasteiger partial charge in [0, 0.05) is 10.3 Å². The third-order valence-corrected chi connectivity index (χ3v) is 2.90. The maximum Gasteiger partial charge on any atom is 0.188 e. The smallest absolute Gasteiger partial charge is 0.188 e. The van der Waals surface area contributed by atoms with Crippen LogP contribution in [0.15, 0.2) is 22.5 Å². The molecule has 0 spiro atoms. The first-order chi connectivity index (χ1) is 7.15. The highest BCUT2D eigenvalue weighted by molar-refractivity contribution is 7.80. The zero-order valence-electron chi connectivity index (χ0n) is 7.86. The first-order valence-corrected chi connectivity index (χ1v) is 5.51. The molecule has 2 aromatic heterocycles. The summed E-state index contributed by atoms with van der Waals surface area (Å²) in [6.45, 7) is 1.90. The van der Waals surface area contributed by atoms with Gasteiger partial charge in [0.25, 0.3) is 0 Å². The average Bonchev–Trinajstić information content (AvgIpc) is 2.56. The number of hydrogen-bond acceptors (Lipinski definition) is 5. The summed E-state index contributed by atoms with van der Waals surface area (Å²) in [6.07, 6.45) is 1.14. The number of halogens is 1. The van der Waals surface area contributed by atoms with Crippen LogP contribution >= 0.6 is 24.0 Å². The van der Waals surface area contributed by atoms with E-state index in [0.29, 0.717) is 10.7 Å². The maximum atomic E-state index is 12.7. The molecular formula is C9H8FN3S2. The SMILES string of the molecule is Cc1csc(Nc2ncc(F)cc2S)n1. The molecule has 2 aromatic rings. The molecule has 0 radical (unpaired) electrons. The third-order valence-electron chi connectivity index (χ3n) is 1.68. The van der Waals surface area contributed by atoms with E-state index in [1.54, 1.807) is 0 Å². The second-order valence-electron chi connectivity index (χ2n) is 2.94. The van der Waals surface area contributed by atoms with Crippen LogP contribution in [-0.2, 0) is 0 Å². The second kappa shape index (κ2) is 4.16. The van der Waals surface area contributed by atoms with E-state index in [9.17, 15) is 4.39 Å². The highest BCUT2D eigenvalue weighted by Crippen LogP contribution is 2.24. The average molecular weight is 241 g/mol. The van der Waals surface area contributed by atoms with Crippen LogP contribution in [0.4, 0.5) is 15.3 Å². The lowest BCUT2D eigenvalue weighted by Crippen LogP contribution is -1.95. The van der Waals surface area contributed by atoms with Crippen molar-refractivity contribution in [1.29, 1.82) is 0 Å². The van der Waals surface area contributed by atoms with Crippen molar-refractivity contribution in [2.45, 2.75) is 11.8 Å². The van der Waals surface area contributed by atoms with Gasteiger partial charge in [-0.2, -0.15) is 0 Å². The number of nitrogens with one attached hydrogen (secondary N) is 1. The molecule has 0 fully saturated rings. The Hall–Kier alpha value is -1.14. The Bertz CT molecular complexity index is 484. The molecule has 0 saturated carbocycles. The molecule has 0 aromatic carbocycles. The van der Waals surface area contributed by atoms with E-state index in [1.807, 2.05) is 12.3 Å². The Labute approximate surface area is 95.8 Å². The van der Waals surface area contributed by atoms with E-state index < -0.39 is 5.82 Å². The quantitative estimate of drug-likeness (QED) is 0.794. The van der Waals surface area contributed by atoms with E-state index in [0.717, 1.165) is 17.0 Å². The summed E-state index contributed by atoms with van der Waals surface area (Å²) in [5, 5.41) is 5.62. The van der Waals surface area contributed by atoms with E-state index in [4.69, 9.17) is 0 Å². The number of aryl methyl sites for hydroxylation is 1. The first kappa shape index (κ1) is 10.4. The van der Waals surface area contributed by atoms with Crippen LogP contribution in [0.5, 0.6) is 0 Å². The summed E-state index contributed by atoms with van der Waals surface area (Å²) in [7, 11) is 0. The highest BCUT2D eigenvalue weighted by atomic mass is 32.1. The van der Waals surface area contributed by atoms with Gasteiger partial charge in [0.15, 0.2) is 5.13 Å². The molecule has 0 unspecified atom stereocenters. The Morgan fingerprint density at radius 2 is 2.33 bits per heavy atom. The number of hydrogen-bond donors (Lipinski definition) is 2. The molecule has 0 saturated heterocycles. The summed E-state index contributed by atoms with van der Waals surface area (Å²) in [5.41, 5.74) is 0.935. The van der Waals surface area contributed by atoms with Gasteiger partial charge in [0.1, 0.15) is 11.6 Å². The number of nitrogens with zero attached hydrogens (tertiary/aromatic N) is 2. The molecule has 2 rings (SSSR count). The molecule has 3 nitrogen and oxygen atoms in total. The molecule has 0 aliphatic rings. The van der Waals surface area contributed by atoms with Crippen molar-refractivity contribution < 1.29 is 4.39 Å². The van der Waals surface area contributed by atoms with Crippen molar-refractivity contribution in [3.8, 4) is 0 Å². The summed E-state index contributed by atoms with van der Waals surface area (Å²) in [6, 6.07) is 1.30. The van der Waals surface area contributed by atoms with Gasteiger partial charge in [-0.3, -0.25) is 0 Å². The fraction of sp³-hybridized carbons (Fsp3) is 0.111. The molecular weight excluding hydrogens is 233 g/mol. The molecule has 0 aliphatic carbocycles. The van der Waals surface area contributed by atoms with Gasteiger partial charge in [-0.1, -0.05) is 0 Å². The summed E-state index contributed by atoms with van der Waals surface area (Å²) in [4.78, 5) is 8.56. The minimum Gasteiger partial charge on any atom is -0.315 e. The van der Waals surface area contributed by atoms with Crippen LogP contribution in [0, 0.1) is 12.7 Å². The van der Waals surface area contributed by atoms with Crippen LogP contribution in [-0.4, -0.2) is 9.97 Å². The van der Waals surface area contributed by atoms with Gasteiger partial charge in [-0.05, 0) is 13.0 Å². The number of thiol groups is 1. The van der Waals surface area contributed by atoms with Crippen LogP contribution < -0.4 is 5.32 Å². The maximum absolute atomic E-state index is 12.7. The Morgan fingerprint density at radius 1 is 1.53 bits per heavy atom. The molecule has 6 heteroatoms. The third kappa shape index (κ3) is 2.45. The minimum atomic E-state index is -0.402. The number of aromatic nitrogens is 2. The van der Waals surface area contributed by atoms with Crippen molar-refractivity contribution in [1.82, 2.24) is 9.97 Å². The molecule has 0 amide bonds. The lowest BCUT2D eigenvalue weighted by Gasteiger charge is -2.03. The van der Waals surface area contributed by atoms with Crippen LogP contribution in [0.3, 0.4) is 0 Å². The van der Waals surface area contributed by atoms with Gasteiger partial charge in [0.2, 0.25) is 0 Å². The molecule has 0 atom stereocenters. The summed E-state index contributed by atoms with van der Waals surface area (Å²) >= 11 is 5.58. The van der Waals surface area contributed by atoms with Gasteiger partial charge in [0.05, 0.1) is 11.9 Å². The molecule has 0 bridgehead atoms. The Balaban J connectivity index is 2.24. The van der Waals surface area contributed by atoms with Gasteiger partial charge in [-0.15, -0.1) is 24.0 Å². The van der Waals surface area contributed by atoms with E-state index in [1.165, 1.54) is 17.4 Å². The van der Waals surface area contributed by atoms with Crippen molar-refractivity contribution in [2.75, 3.05) is 5.32 Å². The molecule has 15 heavy (non-hydrogen) atoms.